The van der Waals surface area contributed by atoms with Crippen molar-refractivity contribution < 1.29 is 0 Å². The van der Waals surface area contributed by atoms with Gasteiger partial charge in [0.1, 0.15) is 0 Å². The van der Waals surface area contributed by atoms with Gasteiger partial charge in [-0.1, -0.05) is 26.0 Å². The number of aromatic nitrogens is 1. The average Bonchev–Trinajstić information content (AvgIpc) is 2.73. The Morgan fingerprint density at radius 1 is 1.16 bits per heavy atom. The number of nitrogens with two attached hydrogens (primary N) is 1. The van der Waals surface area contributed by atoms with E-state index in [1.165, 1.54) is 29.3 Å². The monoisotopic (exact) mass is 258 g/mol. The van der Waals surface area contributed by atoms with Gasteiger partial charge in [0.15, 0.2) is 0 Å². The number of benzene rings is 1. The van der Waals surface area contributed by atoms with E-state index in [1.807, 2.05) is 0 Å². The van der Waals surface area contributed by atoms with Crippen LogP contribution in [-0.2, 0) is 13.0 Å². The molecule has 2 rings (SSSR count). The third-order valence-corrected chi connectivity index (χ3v) is 3.63. The SMILES string of the molecule is CC(C)CCCn1ccc2c(CC(C)N)cccc21. The van der Waals surface area contributed by atoms with Gasteiger partial charge in [0.2, 0.25) is 0 Å². The Morgan fingerprint density at radius 2 is 1.95 bits per heavy atom. The molecule has 0 saturated carbocycles. The first-order chi connectivity index (χ1) is 9.08. The Bertz CT molecular complexity index is 523. The van der Waals surface area contributed by atoms with E-state index in [9.17, 15) is 0 Å². The quantitative estimate of drug-likeness (QED) is 0.835. The van der Waals surface area contributed by atoms with Crippen LogP contribution in [0, 0.1) is 5.92 Å². The Labute approximate surface area is 116 Å². The maximum Gasteiger partial charge on any atom is 0.0483 e. The van der Waals surface area contributed by atoms with Gasteiger partial charge in [-0.25, -0.2) is 0 Å². The van der Waals surface area contributed by atoms with Crippen molar-refractivity contribution in [3.8, 4) is 0 Å². The van der Waals surface area contributed by atoms with Crippen LogP contribution < -0.4 is 5.73 Å². The first-order valence-corrected chi connectivity index (χ1v) is 7.40. The van der Waals surface area contributed by atoms with Gasteiger partial charge in [-0.15, -0.1) is 0 Å². The summed E-state index contributed by atoms with van der Waals surface area (Å²) in [6.45, 7) is 7.75. The topological polar surface area (TPSA) is 30.9 Å². The minimum Gasteiger partial charge on any atom is -0.347 e. The summed E-state index contributed by atoms with van der Waals surface area (Å²) in [6, 6.07) is 9.02. The number of fused-ring (bicyclic) bond motifs is 1. The van der Waals surface area contributed by atoms with Crippen molar-refractivity contribution in [2.75, 3.05) is 0 Å². The van der Waals surface area contributed by atoms with E-state index in [2.05, 4.69) is 55.8 Å². The second-order valence-electron chi connectivity index (χ2n) is 6.08. The molecule has 0 fully saturated rings. The molecule has 1 aromatic carbocycles. The minimum atomic E-state index is 0.217. The molecule has 19 heavy (non-hydrogen) atoms. The fourth-order valence-electron chi connectivity index (χ4n) is 2.68. The fourth-order valence-corrected chi connectivity index (χ4v) is 2.68. The smallest absolute Gasteiger partial charge is 0.0483 e. The second kappa shape index (κ2) is 6.25. The van der Waals surface area contributed by atoms with E-state index in [-0.39, 0.29) is 6.04 Å². The summed E-state index contributed by atoms with van der Waals surface area (Å²) in [5, 5.41) is 1.37. The second-order valence-corrected chi connectivity index (χ2v) is 6.08. The van der Waals surface area contributed by atoms with Crippen molar-refractivity contribution in [3.05, 3.63) is 36.0 Å². The molecule has 1 atom stereocenters. The van der Waals surface area contributed by atoms with Gasteiger partial charge < -0.3 is 10.3 Å². The predicted molar refractivity (Wildman–Crippen MR) is 83.4 cm³/mol. The Balaban J connectivity index is 2.18. The molecule has 0 radical (unpaired) electrons. The zero-order chi connectivity index (χ0) is 13.8. The molecule has 2 heteroatoms. The van der Waals surface area contributed by atoms with E-state index < -0.39 is 0 Å². The van der Waals surface area contributed by atoms with Crippen molar-refractivity contribution >= 4 is 10.9 Å². The molecule has 0 saturated heterocycles. The zero-order valence-electron chi connectivity index (χ0n) is 12.4. The highest BCUT2D eigenvalue weighted by Gasteiger charge is 2.07. The summed E-state index contributed by atoms with van der Waals surface area (Å²) >= 11 is 0. The van der Waals surface area contributed by atoms with E-state index in [4.69, 9.17) is 5.73 Å². The summed E-state index contributed by atoms with van der Waals surface area (Å²) in [5.74, 6) is 0.787. The molecule has 1 unspecified atom stereocenters. The van der Waals surface area contributed by atoms with Crippen LogP contribution in [0.15, 0.2) is 30.5 Å². The molecule has 0 spiro atoms. The van der Waals surface area contributed by atoms with Gasteiger partial charge in [-0.05, 0) is 49.8 Å². The molecular formula is C17H26N2. The van der Waals surface area contributed by atoms with Crippen molar-refractivity contribution in [1.29, 1.82) is 0 Å². The standard InChI is InChI=1S/C17H26N2/c1-13(2)6-5-10-19-11-9-16-15(12-14(3)18)7-4-8-17(16)19/h4,7-9,11,13-14H,5-6,10,12,18H2,1-3H3. The maximum atomic E-state index is 5.93. The number of hydrogen-bond donors (Lipinski definition) is 1. The molecule has 0 aliphatic rings. The number of hydrogen-bond acceptors (Lipinski definition) is 1. The largest absolute Gasteiger partial charge is 0.347 e. The van der Waals surface area contributed by atoms with Crippen LogP contribution in [-0.4, -0.2) is 10.6 Å². The van der Waals surface area contributed by atoms with Crippen molar-refractivity contribution in [3.63, 3.8) is 0 Å². The van der Waals surface area contributed by atoms with Gasteiger partial charge in [0.25, 0.3) is 0 Å². The molecule has 0 aliphatic carbocycles. The molecule has 0 aliphatic heterocycles. The van der Waals surface area contributed by atoms with Crippen molar-refractivity contribution in [1.82, 2.24) is 4.57 Å². The highest BCUT2D eigenvalue weighted by molar-refractivity contribution is 5.83. The molecule has 2 nitrogen and oxygen atoms in total. The first kappa shape index (κ1) is 14.1. The van der Waals surface area contributed by atoms with Gasteiger partial charge in [0.05, 0.1) is 0 Å². The summed E-state index contributed by atoms with van der Waals surface area (Å²) < 4.78 is 2.38. The lowest BCUT2D eigenvalue weighted by Crippen LogP contribution is -2.17. The van der Waals surface area contributed by atoms with E-state index in [1.54, 1.807) is 0 Å². The normalized spacial score (nSPS) is 13.3. The molecule has 104 valence electrons. The fraction of sp³-hybridized carbons (Fsp3) is 0.529. The average molecular weight is 258 g/mol. The lowest BCUT2D eigenvalue weighted by atomic mass is 10.0. The van der Waals surface area contributed by atoms with Crippen LogP contribution in [0.1, 0.15) is 39.2 Å². The van der Waals surface area contributed by atoms with Crippen LogP contribution in [0.4, 0.5) is 0 Å². The lowest BCUT2D eigenvalue weighted by Gasteiger charge is -2.09. The predicted octanol–water partition coefficient (Wildman–Crippen LogP) is 3.97. The Kier molecular flexibility index (Phi) is 4.65. The summed E-state index contributed by atoms with van der Waals surface area (Å²) in [7, 11) is 0. The minimum absolute atomic E-state index is 0.217. The summed E-state index contributed by atoms with van der Waals surface area (Å²) in [5.41, 5.74) is 8.65. The van der Waals surface area contributed by atoms with Crippen molar-refractivity contribution in [2.24, 2.45) is 11.7 Å². The third kappa shape index (κ3) is 3.60. The van der Waals surface area contributed by atoms with Crippen LogP contribution in [0.25, 0.3) is 10.9 Å². The maximum absolute atomic E-state index is 5.93. The van der Waals surface area contributed by atoms with Crippen LogP contribution in [0.3, 0.4) is 0 Å². The number of aryl methyl sites for hydroxylation is 1. The molecule has 1 aromatic heterocycles. The Morgan fingerprint density at radius 3 is 2.63 bits per heavy atom. The van der Waals surface area contributed by atoms with E-state index in [0.717, 1.165) is 18.9 Å². The van der Waals surface area contributed by atoms with Gasteiger partial charge in [-0.3, -0.25) is 0 Å². The number of rotatable bonds is 6. The van der Waals surface area contributed by atoms with Crippen LogP contribution >= 0.6 is 0 Å². The van der Waals surface area contributed by atoms with E-state index in [0.29, 0.717) is 0 Å². The third-order valence-electron chi connectivity index (χ3n) is 3.63. The molecular weight excluding hydrogens is 232 g/mol. The van der Waals surface area contributed by atoms with Gasteiger partial charge >= 0.3 is 0 Å². The molecule has 2 aromatic rings. The summed E-state index contributed by atoms with van der Waals surface area (Å²) in [6.07, 6.45) is 5.71. The van der Waals surface area contributed by atoms with Gasteiger partial charge in [0, 0.05) is 29.7 Å². The van der Waals surface area contributed by atoms with Crippen LogP contribution in [0.2, 0.25) is 0 Å². The van der Waals surface area contributed by atoms with Gasteiger partial charge in [-0.2, -0.15) is 0 Å². The molecule has 0 amide bonds. The number of nitrogens with zero attached hydrogens (tertiary/aromatic N) is 1. The first-order valence-electron chi connectivity index (χ1n) is 7.40. The van der Waals surface area contributed by atoms with E-state index >= 15 is 0 Å². The molecule has 2 N–H and O–H groups in total. The lowest BCUT2D eigenvalue weighted by molar-refractivity contribution is 0.518. The van der Waals surface area contributed by atoms with Crippen LogP contribution in [0.5, 0.6) is 0 Å². The highest BCUT2D eigenvalue weighted by Crippen LogP contribution is 2.22. The zero-order valence-corrected chi connectivity index (χ0v) is 12.4. The summed E-state index contributed by atoms with van der Waals surface area (Å²) in [4.78, 5) is 0. The molecule has 0 bridgehead atoms. The Hall–Kier alpha value is -1.28. The highest BCUT2D eigenvalue weighted by atomic mass is 14.9. The van der Waals surface area contributed by atoms with Crippen molar-refractivity contribution in [2.45, 2.75) is 52.6 Å². The molecule has 1 heterocycles.